The zero-order valence-corrected chi connectivity index (χ0v) is 10.9. The number of benzene rings is 1. The first-order valence-corrected chi connectivity index (χ1v) is 6.81. The summed E-state index contributed by atoms with van der Waals surface area (Å²) in [6.45, 7) is 3.26. The molecule has 2 unspecified atom stereocenters. The van der Waals surface area contributed by atoms with Gasteiger partial charge in [0.15, 0.2) is 0 Å². The van der Waals surface area contributed by atoms with E-state index < -0.39 is 5.60 Å². The van der Waals surface area contributed by atoms with Crippen LogP contribution >= 0.6 is 0 Å². The van der Waals surface area contributed by atoms with E-state index in [0.717, 1.165) is 19.3 Å². The Morgan fingerprint density at radius 3 is 2.56 bits per heavy atom. The van der Waals surface area contributed by atoms with Gasteiger partial charge >= 0.3 is 0 Å². The van der Waals surface area contributed by atoms with E-state index in [1.807, 2.05) is 6.92 Å². The fraction of sp³-hybridized carbons (Fsp3) is 0.600. The van der Waals surface area contributed by atoms with Gasteiger partial charge in [0.25, 0.3) is 0 Å². The summed E-state index contributed by atoms with van der Waals surface area (Å²) in [6, 6.07) is 9.06. The largest absolute Gasteiger partial charge is 0.386 e. The lowest BCUT2D eigenvalue weighted by Crippen LogP contribution is -2.48. The van der Waals surface area contributed by atoms with Crippen LogP contribution in [0.2, 0.25) is 0 Å². The summed E-state index contributed by atoms with van der Waals surface area (Å²) in [6.07, 6.45) is 2.82. The van der Waals surface area contributed by atoms with Crippen LogP contribution in [0.3, 0.4) is 0 Å². The minimum atomic E-state index is -0.686. The number of fused-ring (bicyclic) bond motifs is 1. The molecule has 1 aromatic rings. The summed E-state index contributed by atoms with van der Waals surface area (Å²) in [5, 5.41) is 14.0. The molecule has 0 bridgehead atoms. The molecule has 2 atom stereocenters. The second-order valence-electron chi connectivity index (χ2n) is 5.62. The summed E-state index contributed by atoms with van der Waals surface area (Å²) < 4.78 is 5.46. The second kappa shape index (κ2) is 4.65. The van der Waals surface area contributed by atoms with E-state index >= 15 is 0 Å². The number of ether oxygens (including phenoxy) is 1. The van der Waals surface area contributed by atoms with Crippen LogP contribution in [0.5, 0.6) is 0 Å². The smallest absolute Gasteiger partial charge is 0.105 e. The highest BCUT2D eigenvalue weighted by Gasteiger charge is 2.39. The average Bonchev–Trinajstić information content (AvgIpc) is 2.92. The molecule has 2 aliphatic rings. The van der Waals surface area contributed by atoms with Crippen molar-refractivity contribution >= 4 is 0 Å². The van der Waals surface area contributed by atoms with Crippen molar-refractivity contribution < 1.29 is 9.84 Å². The lowest BCUT2D eigenvalue weighted by Gasteiger charge is -2.28. The van der Waals surface area contributed by atoms with E-state index in [1.54, 1.807) is 0 Å². The van der Waals surface area contributed by atoms with E-state index in [-0.39, 0.29) is 6.10 Å². The number of hydrogen-bond acceptors (Lipinski definition) is 3. The van der Waals surface area contributed by atoms with Crippen LogP contribution in [0.1, 0.15) is 24.5 Å². The van der Waals surface area contributed by atoms with Crippen LogP contribution in [-0.4, -0.2) is 36.0 Å². The lowest BCUT2D eigenvalue weighted by atomic mass is 9.96. The Hall–Kier alpha value is -0.900. The molecular formula is C15H21NO2. The molecule has 1 heterocycles. The first-order chi connectivity index (χ1) is 8.67. The summed E-state index contributed by atoms with van der Waals surface area (Å²) in [7, 11) is 0. The van der Waals surface area contributed by atoms with Gasteiger partial charge in [-0.25, -0.2) is 0 Å². The van der Waals surface area contributed by atoms with E-state index in [0.29, 0.717) is 19.2 Å². The van der Waals surface area contributed by atoms with Gasteiger partial charge in [0.2, 0.25) is 0 Å². The monoisotopic (exact) mass is 247 g/mol. The van der Waals surface area contributed by atoms with Crippen molar-refractivity contribution in [3.63, 3.8) is 0 Å². The Balaban J connectivity index is 1.57. The van der Waals surface area contributed by atoms with Crippen LogP contribution in [0, 0.1) is 0 Å². The van der Waals surface area contributed by atoms with Crippen molar-refractivity contribution in [1.82, 2.24) is 5.32 Å². The summed E-state index contributed by atoms with van der Waals surface area (Å²) in [4.78, 5) is 0. The molecule has 3 heteroatoms. The highest BCUT2D eigenvalue weighted by Crippen LogP contribution is 2.26. The molecule has 0 aromatic heterocycles. The Kier molecular flexibility index (Phi) is 3.14. The van der Waals surface area contributed by atoms with Crippen LogP contribution in [-0.2, 0) is 17.6 Å². The highest BCUT2D eigenvalue weighted by atomic mass is 16.5. The predicted molar refractivity (Wildman–Crippen MR) is 70.6 cm³/mol. The number of hydrogen-bond donors (Lipinski definition) is 2. The van der Waals surface area contributed by atoms with Crippen LogP contribution in [0.25, 0.3) is 0 Å². The van der Waals surface area contributed by atoms with Gasteiger partial charge < -0.3 is 15.2 Å². The Morgan fingerprint density at radius 2 is 2.00 bits per heavy atom. The molecule has 3 nitrogen and oxygen atoms in total. The third-order valence-electron chi connectivity index (χ3n) is 4.41. The normalized spacial score (nSPS) is 31.8. The molecule has 1 fully saturated rings. The zero-order valence-electron chi connectivity index (χ0n) is 10.9. The number of rotatable bonds is 3. The highest BCUT2D eigenvalue weighted by molar-refractivity contribution is 5.33. The van der Waals surface area contributed by atoms with Gasteiger partial charge in [-0.1, -0.05) is 24.3 Å². The molecule has 2 N–H and O–H groups in total. The van der Waals surface area contributed by atoms with Crippen molar-refractivity contribution in [3.8, 4) is 0 Å². The van der Waals surface area contributed by atoms with E-state index in [4.69, 9.17) is 4.74 Å². The molecule has 98 valence electrons. The summed E-state index contributed by atoms with van der Waals surface area (Å²) >= 11 is 0. The Bertz CT molecular complexity index is 409. The van der Waals surface area contributed by atoms with Gasteiger partial charge in [0, 0.05) is 25.6 Å². The Morgan fingerprint density at radius 1 is 1.33 bits per heavy atom. The van der Waals surface area contributed by atoms with Crippen LogP contribution in [0.4, 0.5) is 0 Å². The first kappa shape index (κ1) is 12.2. The molecule has 3 rings (SSSR count). The van der Waals surface area contributed by atoms with Crippen molar-refractivity contribution in [2.45, 2.75) is 43.9 Å². The molecule has 1 saturated heterocycles. The summed E-state index contributed by atoms with van der Waals surface area (Å²) in [5.41, 5.74) is 2.20. The molecule has 18 heavy (non-hydrogen) atoms. The van der Waals surface area contributed by atoms with Gasteiger partial charge in [-0.15, -0.1) is 0 Å². The van der Waals surface area contributed by atoms with Gasteiger partial charge in [0.1, 0.15) is 5.60 Å². The van der Waals surface area contributed by atoms with Crippen LogP contribution in [0.15, 0.2) is 24.3 Å². The molecule has 1 aromatic carbocycles. The maximum Gasteiger partial charge on any atom is 0.105 e. The van der Waals surface area contributed by atoms with E-state index in [1.165, 1.54) is 11.1 Å². The minimum absolute atomic E-state index is 0.0613. The molecule has 1 aliphatic carbocycles. The fourth-order valence-electron chi connectivity index (χ4n) is 3.03. The molecule has 0 radical (unpaired) electrons. The predicted octanol–water partition coefficient (Wildman–Crippen LogP) is 1.28. The zero-order chi connectivity index (χ0) is 12.6. The lowest BCUT2D eigenvalue weighted by molar-refractivity contribution is -0.0275. The average molecular weight is 247 g/mol. The van der Waals surface area contributed by atoms with Gasteiger partial charge in [0.05, 0.1) is 6.10 Å². The van der Waals surface area contributed by atoms with Crippen molar-refractivity contribution in [3.05, 3.63) is 35.4 Å². The molecule has 0 spiro atoms. The topological polar surface area (TPSA) is 41.5 Å². The minimum Gasteiger partial charge on any atom is -0.386 e. The summed E-state index contributed by atoms with van der Waals surface area (Å²) in [5.74, 6) is 0. The Labute approximate surface area is 108 Å². The third kappa shape index (κ3) is 2.18. The molecular weight excluding hydrogens is 226 g/mol. The maximum absolute atomic E-state index is 10.4. The van der Waals surface area contributed by atoms with Gasteiger partial charge in [-0.2, -0.15) is 0 Å². The van der Waals surface area contributed by atoms with Crippen molar-refractivity contribution in [1.29, 1.82) is 0 Å². The fourth-order valence-corrected chi connectivity index (χ4v) is 3.03. The quantitative estimate of drug-likeness (QED) is 0.845. The molecule has 0 saturated carbocycles. The molecule has 0 amide bonds. The standard InChI is InChI=1S/C15H21NO2/c1-11-15(17,6-7-18-11)10-16-14-8-12-4-2-3-5-13(12)9-14/h2-5,11,14,16-17H,6-10H2,1H3. The number of nitrogens with one attached hydrogen (secondary N) is 1. The SMILES string of the molecule is CC1OCCC1(O)CNC1Cc2ccccc2C1. The van der Waals surface area contributed by atoms with Crippen LogP contribution < -0.4 is 5.32 Å². The number of aliphatic hydroxyl groups is 1. The van der Waals surface area contributed by atoms with Gasteiger partial charge in [-0.05, 0) is 30.9 Å². The third-order valence-corrected chi connectivity index (χ3v) is 4.41. The second-order valence-corrected chi connectivity index (χ2v) is 5.62. The van der Waals surface area contributed by atoms with Crippen molar-refractivity contribution in [2.24, 2.45) is 0 Å². The van der Waals surface area contributed by atoms with E-state index in [2.05, 4.69) is 29.6 Å². The molecule has 1 aliphatic heterocycles. The van der Waals surface area contributed by atoms with E-state index in [9.17, 15) is 5.11 Å². The van der Waals surface area contributed by atoms with Crippen molar-refractivity contribution in [2.75, 3.05) is 13.2 Å². The maximum atomic E-state index is 10.4. The van der Waals surface area contributed by atoms with Gasteiger partial charge in [-0.3, -0.25) is 0 Å². The first-order valence-electron chi connectivity index (χ1n) is 6.81.